The van der Waals surface area contributed by atoms with Gasteiger partial charge in [0, 0.05) is 19.3 Å². The molecule has 2 heterocycles. The van der Waals surface area contributed by atoms with Crippen molar-refractivity contribution in [2.24, 2.45) is 7.05 Å². The summed E-state index contributed by atoms with van der Waals surface area (Å²) in [6.07, 6.45) is 1.88. The van der Waals surface area contributed by atoms with E-state index in [9.17, 15) is 0 Å². The molecule has 0 saturated carbocycles. The summed E-state index contributed by atoms with van der Waals surface area (Å²) in [5.74, 6) is 1.25. The molecular formula is C12H13N5. The maximum absolute atomic E-state index is 5.95. The molecule has 2 aromatic heterocycles. The molecule has 5 nitrogen and oxygen atoms in total. The van der Waals surface area contributed by atoms with Gasteiger partial charge in [-0.3, -0.25) is 9.25 Å². The lowest BCUT2D eigenvalue weighted by Crippen LogP contribution is -2.02. The number of aryl methyl sites for hydroxylation is 2. The summed E-state index contributed by atoms with van der Waals surface area (Å²) < 4.78 is 3.60. The molecule has 2 N–H and O–H groups in total. The Hall–Kier alpha value is -2.30. The van der Waals surface area contributed by atoms with Crippen molar-refractivity contribution in [2.45, 2.75) is 6.92 Å². The zero-order chi connectivity index (χ0) is 12.0. The van der Waals surface area contributed by atoms with Crippen LogP contribution in [0.15, 0.2) is 30.5 Å². The van der Waals surface area contributed by atoms with Crippen LogP contribution in [0, 0.1) is 6.92 Å². The van der Waals surface area contributed by atoms with Crippen molar-refractivity contribution in [3.05, 3.63) is 36.0 Å². The van der Waals surface area contributed by atoms with Crippen molar-refractivity contribution in [3.8, 4) is 5.82 Å². The first-order valence-corrected chi connectivity index (χ1v) is 5.40. The first kappa shape index (κ1) is 9.89. The van der Waals surface area contributed by atoms with E-state index in [-0.39, 0.29) is 0 Å². The van der Waals surface area contributed by atoms with Crippen LogP contribution in [0.25, 0.3) is 16.9 Å². The Kier molecular flexibility index (Phi) is 1.95. The molecule has 17 heavy (non-hydrogen) atoms. The summed E-state index contributed by atoms with van der Waals surface area (Å²) in [5.41, 5.74) is 8.99. The summed E-state index contributed by atoms with van der Waals surface area (Å²) in [6, 6.07) is 7.99. The van der Waals surface area contributed by atoms with Crippen LogP contribution in [0.3, 0.4) is 0 Å². The predicted molar refractivity (Wildman–Crippen MR) is 67.0 cm³/mol. The van der Waals surface area contributed by atoms with Gasteiger partial charge in [0.15, 0.2) is 5.82 Å². The number of nitrogen functional groups attached to an aromatic ring is 1. The zero-order valence-electron chi connectivity index (χ0n) is 9.75. The molecule has 0 aliphatic rings. The van der Waals surface area contributed by atoms with Gasteiger partial charge >= 0.3 is 0 Å². The van der Waals surface area contributed by atoms with E-state index in [2.05, 4.69) is 10.1 Å². The smallest absolute Gasteiger partial charge is 0.207 e. The zero-order valence-corrected chi connectivity index (χ0v) is 9.75. The van der Waals surface area contributed by atoms with Gasteiger partial charge in [0.05, 0.1) is 11.0 Å². The minimum atomic E-state index is 0.462. The number of hydrogen-bond acceptors (Lipinski definition) is 3. The second kappa shape index (κ2) is 3.35. The molecule has 5 heteroatoms. The van der Waals surface area contributed by atoms with E-state index in [1.165, 1.54) is 5.56 Å². The van der Waals surface area contributed by atoms with Crippen LogP contribution >= 0.6 is 0 Å². The number of nitrogens with zero attached hydrogens (tertiary/aromatic N) is 4. The Morgan fingerprint density at radius 2 is 2.06 bits per heavy atom. The van der Waals surface area contributed by atoms with Gasteiger partial charge in [-0.2, -0.15) is 5.10 Å². The Morgan fingerprint density at radius 1 is 1.24 bits per heavy atom. The Bertz CT molecular complexity index is 692. The van der Waals surface area contributed by atoms with Crippen LogP contribution in [0.5, 0.6) is 0 Å². The second-order valence-electron chi connectivity index (χ2n) is 4.15. The quantitative estimate of drug-likeness (QED) is 0.687. The molecule has 0 fully saturated rings. The third kappa shape index (κ3) is 1.47. The molecule has 0 unspecified atom stereocenters. The van der Waals surface area contributed by atoms with E-state index in [1.54, 1.807) is 4.68 Å². The van der Waals surface area contributed by atoms with Gasteiger partial charge in [-0.15, -0.1) is 0 Å². The van der Waals surface area contributed by atoms with Gasteiger partial charge in [-0.25, -0.2) is 4.98 Å². The number of hydrogen-bond donors (Lipinski definition) is 1. The molecule has 0 spiro atoms. The van der Waals surface area contributed by atoms with E-state index in [0.717, 1.165) is 16.9 Å². The Labute approximate surface area is 98.5 Å². The SMILES string of the molecule is Cc1ccc2c(c1)nc(N)n2-c1ccn(C)n1. The number of benzene rings is 1. The van der Waals surface area contributed by atoms with Gasteiger partial charge in [0.1, 0.15) is 0 Å². The Morgan fingerprint density at radius 3 is 2.76 bits per heavy atom. The van der Waals surface area contributed by atoms with Crippen molar-refractivity contribution in [1.82, 2.24) is 19.3 Å². The number of fused-ring (bicyclic) bond motifs is 1. The third-order valence-electron chi connectivity index (χ3n) is 2.76. The largest absolute Gasteiger partial charge is 0.369 e. The normalized spacial score (nSPS) is 11.2. The van der Waals surface area contributed by atoms with Gasteiger partial charge in [0.25, 0.3) is 0 Å². The van der Waals surface area contributed by atoms with Crippen molar-refractivity contribution >= 4 is 17.0 Å². The lowest BCUT2D eigenvalue weighted by Gasteiger charge is -2.01. The highest BCUT2D eigenvalue weighted by atomic mass is 15.3. The van der Waals surface area contributed by atoms with Crippen molar-refractivity contribution in [3.63, 3.8) is 0 Å². The van der Waals surface area contributed by atoms with Crippen LogP contribution < -0.4 is 5.73 Å². The van der Waals surface area contributed by atoms with Gasteiger partial charge < -0.3 is 5.73 Å². The molecule has 3 rings (SSSR count). The van der Waals surface area contributed by atoms with Gasteiger partial charge in [-0.1, -0.05) is 6.07 Å². The van der Waals surface area contributed by atoms with Crippen LogP contribution in [0.2, 0.25) is 0 Å². The molecule has 0 radical (unpaired) electrons. The fourth-order valence-corrected chi connectivity index (χ4v) is 1.97. The second-order valence-corrected chi connectivity index (χ2v) is 4.15. The number of aromatic nitrogens is 4. The summed E-state index contributed by atoms with van der Waals surface area (Å²) in [7, 11) is 1.88. The molecular weight excluding hydrogens is 214 g/mol. The summed E-state index contributed by atoms with van der Waals surface area (Å²) in [6.45, 7) is 2.04. The van der Waals surface area contributed by atoms with Gasteiger partial charge in [0.2, 0.25) is 5.95 Å². The summed E-state index contributed by atoms with van der Waals surface area (Å²) in [5, 5.41) is 4.35. The molecule has 0 aliphatic heterocycles. The minimum absolute atomic E-state index is 0.462. The maximum atomic E-state index is 5.95. The molecule has 0 saturated heterocycles. The van der Waals surface area contributed by atoms with E-state index < -0.39 is 0 Å². The van der Waals surface area contributed by atoms with Crippen molar-refractivity contribution in [2.75, 3.05) is 5.73 Å². The highest BCUT2D eigenvalue weighted by Gasteiger charge is 2.11. The Balaban J connectivity index is 2.32. The van der Waals surface area contributed by atoms with E-state index in [0.29, 0.717) is 5.95 Å². The van der Waals surface area contributed by atoms with Crippen LogP contribution in [-0.2, 0) is 7.05 Å². The lowest BCUT2D eigenvalue weighted by atomic mass is 10.2. The first-order valence-electron chi connectivity index (χ1n) is 5.40. The van der Waals surface area contributed by atoms with Crippen molar-refractivity contribution in [1.29, 1.82) is 0 Å². The standard InChI is InChI=1S/C12H13N5/c1-8-3-4-10-9(7-8)14-12(13)17(10)11-5-6-16(2)15-11/h3-7H,1-2H3,(H2,13,14). The summed E-state index contributed by atoms with van der Waals surface area (Å²) in [4.78, 5) is 4.35. The highest BCUT2D eigenvalue weighted by molar-refractivity contribution is 5.81. The van der Waals surface area contributed by atoms with Crippen molar-refractivity contribution < 1.29 is 0 Å². The fourth-order valence-electron chi connectivity index (χ4n) is 1.97. The number of imidazole rings is 1. The van der Waals surface area contributed by atoms with Crippen LogP contribution in [0.1, 0.15) is 5.56 Å². The third-order valence-corrected chi connectivity index (χ3v) is 2.76. The van der Waals surface area contributed by atoms with E-state index >= 15 is 0 Å². The molecule has 1 aromatic carbocycles. The maximum Gasteiger partial charge on any atom is 0.207 e. The van der Waals surface area contributed by atoms with Gasteiger partial charge in [-0.05, 0) is 24.6 Å². The minimum Gasteiger partial charge on any atom is -0.369 e. The van der Waals surface area contributed by atoms with Crippen LogP contribution in [-0.4, -0.2) is 19.3 Å². The topological polar surface area (TPSA) is 61.7 Å². The molecule has 0 aliphatic carbocycles. The average molecular weight is 227 g/mol. The number of anilines is 1. The van der Waals surface area contributed by atoms with Crippen LogP contribution in [0.4, 0.5) is 5.95 Å². The van der Waals surface area contributed by atoms with E-state index in [4.69, 9.17) is 5.73 Å². The molecule has 3 aromatic rings. The molecule has 86 valence electrons. The average Bonchev–Trinajstić information content (AvgIpc) is 2.80. The molecule has 0 amide bonds. The number of nitrogens with two attached hydrogens (primary N) is 1. The summed E-state index contributed by atoms with van der Waals surface area (Å²) >= 11 is 0. The highest BCUT2D eigenvalue weighted by Crippen LogP contribution is 2.22. The predicted octanol–water partition coefficient (Wildman–Crippen LogP) is 1.65. The fraction of sp³-hybridized carbons (Fsp3) is 0.167. The van der Waals surface area contributed by atoms with E-state index in [1.807, 2.05) is 49.0 Å². The molecule has 0 bridgehead atoms. The number of rotatable bonds is 1. The first-order chi connectivity index (χ1) is 8.15. The lowest BCUT2D eigenvalue weighted by molar-refractivity contribution is 0.754. The molecule has 0 atom stereocenters. The monoisotopic (exact) mass is 227 g/mol.